The molecule has 1 N–H and O–H groups in total. The van der Waals surface area contributed by atoms with Crippen molar-refractivity contribution in [1.82, 2.24) is 9.97 Å². The molecular formula is C4H4N2O. The normalized spacial score (nSPS) is 14.6. The maximum absolute atomic E-state index is 8.75. The van der Waals surface area contributed by atoms with E-state index in [1.165, 1.54) is 0 Å². The van der Waals surface area contributed by atoms with Gasteiger partial charge in [-0.25, -0.2) is 9.97 Å². The van der Waals surface area contributed by atoms with Gasteiger partial charge in [0.2, 0.25) is 0 Å². The molecule has 36 valence electrons. The smallest absolute Gasteiger partial charge is 0.152 e. The Hall–Kier alpha value is -1.12. The molecule has 0 saturated carbocycles. The second kappa shape index (κ2) is 1.55. The van der Waals surface area contributed by atoms with Crippen LogP contribution >= 0.6 is 0 Å². The van der Waals surface area contributed by atoms with Gasteiger partial charge in [0.05, 0.1) is 15.1 Å². The van der Waals surface area contributed by atoms with Crippen molar-refractivity contribution in [3.05, 3.63) is 18.6 Å². The number of aromatic hydroxyl groups is 1. The predicted molar refractivity (Wildman–Crippen MR) is 23.7 cm³/mol. The summed E-state index contributed by atoms with van der Waals surface area (Å²) in [6.07, 6.45) is -1.39. The first-order valence-corrected chi connectivity index (χ1v) is 1.62. The third-order valence-electron chi connectivity index (χ3n) is 0.424. The second-order valence-electron chi connectivity index (χ2n) is 0.896. The first kappa shape index (κ1) is 1.78. The van der Waals surface area contributed by atoms with Gasteiger partial charge in [0.15, 0.2) is 5.75 Å². The molecule has 3 nitrogen and oxygen atoms in total. The van der Waals surface area contributed by atoms with Crippen LogP contribution in [0.2, 0.25) is 0 Å². The van der Waals surface area contributed by atoms with Crippen LogP contribution in [0.25, 0.3) is 0 Å². The minimum atomic E-state index is -0.587. The lowest BCUT2D eigenvalue weighted by Gasteiger charge is -1.81. The number of nitrogens with zero attached hydrogens (tertiary/aromatic N) is 2. The molecule has 0 saturated heterocycles. The Morgan fingerprint density at radius 2 is 2.14 bits per heavy atom. The van der Waals surface area contributed by atoms with Gasteiger partial charge in [0, 0.05) is 0 Å². The molecule has 1 aromatic heterocycles. The lowest BCUT2D eigenvalue weighted by atomic mass is 10.6. The van der Waals surface area contributed by atoms with Crippen molar-refractivity contribution >= 4 is 0 Å². The summed E-state index contributed by atoms with van der Waals surface area (Å²) in [5.74, 6) is -0.587. The summed E-state index contributed by atoms with van der Waals surface area (Å²) in [4.78, 5) is 6.37. The van der Waals surface area contributed by atoms with Crippen molar-refractivity contribution in [3.63, 3.8) is 0 Å². The molecule has 0 unspecified atom stereocenters. The van der Waals surface area contributed by atoms with Crippen LogP contribution in [-0.2, 0) is 0 Å². The van der Waals surface area contributed by atoms with E-state index in [0.29, 0.717) is 0 Å². The zero-order chi connectivity index (χ0) is 7.72. The number of rotatable bonds is 0. The fourth-order valence-electron chi connectivity index (χ4n) is 0.206. The zero-order valence-corrected chi connectivity index (χ0v) is 3.34. The van der Waals surface area contributed by atoms with E-state index in [9.17, 15) is 0 Å². The van der Waals surface area contributed by atoms with Crippen molar-refractivity contribution in [2.24, 2.45) is 0 Å². The first-order valence-electron chi connectivity index (χ1n) is 3.12. The van der Waals surface area contributed by atoms with Crippen LogP contribution in [0.5, 0.6) is 5.75 Å². The molecule has 0 bridgehead atoms. The molecule has 0 aliphatic rings. The minimum Gasteiger partial charge on any atom is -0.505 e. The SMILES string of the molecule is [2H]c1nc([2H])c(O)c([2H])n1. The van der Waals surface area contributed by atoms with Crippen molar-refractivity contribution < 1.29 is 9.22 Å². The fourth-order valence-corrected chi connectivity index (χ4v) is 0.206. The number of hydrogen-bond acceptors (Lipinski definition) is 3. The topological polar surface area (TPSA) is 46.0 Å². The highest BCUT2D eigenvalue weighted by atomic mass is 16.3. The Morgan fingerprint density at radius 3 is 2.71 bits per heavy atom. The van der Waals surface area contributed by atoms with E-state index in [2.05, 4.69) is 9.97 Å². The van der Waals surface area contributed by atoms with Gasteiger partial charge in [0.1, 0.15) is 7.67 Å². The molecule has 0 aromatic carbocycles. The van der Waals surface area contributed by atoms with Crippen molar-refractivity contribution in [2.75, 3.05) is 0 Å². The third-order valence-corrected chi connectivity index (χ3v) is 0.424. The van der Waals surface area contributed by atoms with Gasteiger partial charge < -0.3 is 5.11 Å². The van der Waals surface area contributed by atoms with Crippen LogP contribution in [0.15, 0.2) is 18.6 Å². The molecule has 0 amide bonds. The number of aromatic nitrogens is 2. The van der Waals surface area contributed by atoms with Crippen molar-refractivity contribution in [1.29, 1.82) is 0 Å². The Bertz CT molecular complexity index is 242. The molecule has 7 heavy (non-hydrogen) atoms. The van der Waals surface area contributed by atoms with Crippen LogP contribution in [0.4, 0.5) is 0 Å². The third kappa shape index (κ3) is 0.855. The first-order chi connectivity index (χ1) is 4.61. The second-order valence-corrected chi connectivity index (χ2v) is 0.896. The van der Waals surface area contributed by atoms with Crippen LogP contribution in [-0.4, -0.2) is 15.1 Å². The van der Waals surface area contributed by atoms with Crippen LogP contribution in [0.3, 0.4) is 0 Å². The lowest BCUT2D eigenvalue weighted by molar-refractivity contribution is 0.469. The highest BCUT2D eigenvalue weighted by Crippen LogP contribution is 1.96. The summed E-state index contributed by atoms with van der Waals surface area (Å²) in [7, 11) is 0. The summed E-state index contributed by atoms with van der Waals surface area (Å²) >= 11 is 0. The Kier molecular flexibility index (Phi) is 0.394. The van der Waals surface area contributed by atoms with Crippen LogP contribution in [0.1, 0.15) is 4.11 Å². The van der Waals surface area contributed by atoms with E-state index in [0.717, 1.165) is 0 Å². The van der Waals surface area contributed by atoms with E-state index < -0.39 is 24.4 Å². The van der Waals surface area contributed by atoms with Crippen molar-refractivity contribution in [3.8, 4) is 5.75 Å². The maximum atomic E-state index is 8.75. The average Bonchev–Trinajstić information content (AvgIpc) is 1.82. The highest BCUT2D eigenvalue weighted by molar-refractivity contribution is 5.06. The molecule has 1 aromatic rings. The molecule has 0 spiro atoms. The van der Waals surface area contributed by atoms with Gasteiger partial charge in [-0.3, -0.25) is 0 Å². The summed E-state index contributed by atoms with van der Waals surface area (Å²) in [6, 6.07) is 0. The van der Waals surface area contributed by atoms with Gasteiger partial charge in [-0.1, -0.05) is 0 Å². The largest absolute Gasteiger partial charge is 0.505 e. The molecule has 1 rings (SSSR count). The molecular weight excluding hydrogens is 92.1 g/mol. The molecule has 3 heteroatoms. The van der Waals surface area contributed by atoms with Gasteiger partial charge in [-0.2, -0.15) is 0 Å². The Labute approximate surface area is 44.9 Å². The summed E-state index contributed by atoms with van der Waals surface area (Å²) in [6.45, 7) is 0. The minimum absolute atomic E-state index is 0.423. The van der Waals surface area contributed by atoms with E-state index in [-0.39, 0.29) is 0 Å². The van der Waals surface area contributed by atoms with Gasteiger partial charge >= 0.3 is 0 Å². The Balaban J connectivity index is 3.31. The summed E-state index contributed by atoms with van der Waals surface area (Å²) in [5.41, 5.74) is 0. The standard InChI is InChI=1S/C4H4N2O/c7-4-1-5-3-6-2-4/h1-3,7H/i1D,2D,3D. The van der Waals surface area contributed by atoms with Gasteiger partial charge in [-0.05, 0) is 0 Å². The maximum Gasteiger partial charge on any atom is 0.152 e. The summed E-state index contributed by atoms with van der Waals surface area (Å²) in [5, 5.41) is 8.75. The van der Waals surface area contributed by atoms with E-state index in [1.54, 1.807) is 0 Å². The lowest BCUT2D eigenvalue weighted by Crippen LogP contribution is -1.70. The summed E-state index contributed by atoms with van der Waals surface area (Å²) < 4.78 is 20.5. The number of hydrogen-bond donors (Lipinski definition) is 1. The zero-order valence-electron chi connectivity index (χ0n) is 6.34. The molecule has 1 heterocycles. The highest BCUT2D eigenvalue weighted by Gasteiger charge is 1.77. The molecule has 0 radical (unpaired) electrons. The van der Waals surface area contributed by atoms with E-state index in [1.807, 2.05) is 0 Å². The van der Waals surface area contributed by atoms with Crippen LogP contribution < -0.4 is 0 Å². The van der Waals surface area contributed by atoms with Gasteiger partial charge in [-0.15, -0.1) is 0 Å². The molecule has 0 aliphatic carbocycles. The Morgan fingerprint density at radius 1 is 1.57 bits per heavy atom. The van der Waals surface area contributed by atoms with E-state index >= 15 is 0 Å². The average molecular weight is 99.1 g/mol. The quantitative estimate of drug-likeness (QED) is 0.504. The molecule has 0 fully saturated rings. The molecule has 0 aliphatic heterocycles. The van der Waals surface area contributed by atoms with E-state index in [4.69, 9.17) is 9.22 Å². The fraction of sp³-hybridized carbons (Fsp3) is 0. The van der Waals surface area contributed by atoms with Crippen molar-refractivity contribution in [2.45, 2.75) is 0 Å². The molecule has 0 atom stereocenters. The van der Waals surface area contributed by atoms with Gasteiger partial charge in [0.25, 0.3) is 0 Å². The monoisotopic (exact) mass is 99.1 g/mol. The predicted octanol–water partition coefficient (Wildman–Crippen LogP) is 0.182. The van der Waals surface area contributed by atoms with Crippen LogP contribution in [0, 0.1) is 0 Å².